The first kappa shape index (κ1) is 20.0. The molecule has 0 radical (unpaired) electrons. The van der Waals surface area contributed by atoms with E-state index in [2.05, 4.69) is 0 Å². The molecule has 0 aromatic heterocycles. The van der Waals surface area contributed by atoms with Gasteiger partial charge in [-0.15, -0.1) is 0 Å². The third kappa shape index (κ3) is 5.86. The first-order chi connectivity index (χ1) is 13.0. The van der Waals surface area contributed by atoms with Crippen molar-refractivity contribution < 1.29 is 14.3 Å². The van der Waals surface area contributed by atoms with Crippen LogP contribution in [-0.4, -0.2) is 36.7 Å². The smallest absolute Gasteiger partial charge is 0.260 e. The Kier molecular flexibility index (Phi) is 7.00. The van der Waals surface area contributed by atoms with Crippen LogP contribution in [0.5, 0.6) is 5.75 Å². The van der Waals surface area contributed by atoms with Crippen LogP contribution in [0.2, 0.25) is 10.0 Å². The summed E-state index contributed by atoms with van der Waals surface area (Å²) in [4.78, 5) is 14.6. The van der Waals surface area contributed by atoms with Crippen LogP contribution in [0.25, 0.3) is 0 Å². The summed E-state index contributed by atoms with van der Waals surface area (Å²) in [6.45, 7) is 3.64. The van der Waals surface area contributed by atoms with Gasteiger partial charge >= 0.3 is 0 Å². The molecule has 1 atom stereocenters. The van der Waals surface area contributed by atoms with Crippen molar-refractivity contribution in [3.8, 4) is 5.75 Å². The van der Waals surface area contributed by atoms with Crippen molar-refractivity contribution in [2.24, 2.45) is 0 Å². The van der Waals surface area contributed by atoms with Gasteiger partial charge in [-0.2, -0.15) is 0 Å². The number of benzene rings is 2. The second-order valence-electron chi connectivity index (χ2n) is 6.75. The number of nitrogens with zero attached hydrogens (tertiary/aromatic N) is 1. The highest BCUT2D eigenvalue weighted by Crippen LogP contribution is 2.23. The SMILES string of the molecule is Cc1ccc(OCC(=O)N(Cc2ccc(Cl)cc2Cl)C[C@@H]2CCCO2)cc1. The Balaban J connectivity index is 1.67. The van der Waals surface area contributed by atoms with Gasteiger partial charge in [0.05, 0.1) is 6.10 Å². The van der Waals surface area contributed by atoms with Gasteiger partial charge in [-0.25, -0.2) is 0 Å². The maximum absolute atomic E-state index is 12.8. The highest BCUT2D eigenvalue weighted by atomic mass is 35.5. The molecular formula is C21H23Cl2NO3. The van der Waals surface area contributed by atoms with Crippen LogP contribution >= 0.6 is 23.2 Å². The summed E-state index contributed by atoms with van der Waals surface area (Å²) in [6.07, 6.45) is 2.03. The molecule has 0 bridgehead atoms. The normalized spacial score (nSPS) is 16.3. The van der Waals surface area contributed by atoms with E-state index in [1.165, 1.54) is 0 Å². The van der Waals surface area contributed by atoms with Crippen molar-refractivity contribution in [1.29, 1.82) is 0 Å². The summed E-state index contributed by atoms with van der Waals surface area (Å²) in [5, 5.41) is 1.12. The zero-order chi connectivity index (χ0) is 19.2. The van der Waals surface area contributed by atoms with Crippen molar-refractivity contribution in [3.05, 3.63) is 63.6 Å². The minimum absolute atomic E-state index is 0.0268. The molecule has 0 spiro atoms. The van der Waals surface area contributed by atoms with Gasteiger partial charge in [-0.3, -0.25) is 4.79 Å². The molecule has 1 aliphatic rings. The molecule has 4 nitrogen and oxygen atoms in total. The number of aryl methyl sites for hydroxylation is 1. The topological polar surface area (TPSA) is 38.8 Å². The second kappa shape index (κ2) is 9.45. The highest BCUT2D eigenvalue weighted by molar-refractivity contribution is 6.35. The quantitative estimate of drug-likeness (QED) is 0.655. The molecule has 1 heterocycles. The predicted octanol–water partition coefficient (Wildman–Crippen LogP) is 4.89. The van der Waals surface area contributed by atoms with Gasteiger partial charge in [-0.05, 0) is 49.6 Å². The molecule has 3 rings (SSSR count). The Morgan fingerprint density at radius 2 is 2.00 bits per heavy atom. The van der Waals surface area contributed by atoms with E-state index in [9.17, 15) is 4.79 Å². The van der Waals surface area contributed by atoms with Gasteiger partial charge < -0.3 is 14.4 Å². The molecule has 2 aromatic rings. The third-order valence-corrected chi connectivity index (χ3v) is 5.15. The summed E-state index contributed by atoms with van der Waals surface area (Å²) in [6, 6.07) is 13.0. The molecule has 0 aliphatic carbocycles. The van der Waals surface area contributed by atoms with Crippen LogP contribution in [-0.2, 0) is 16.1 Å². The Labute approximate surface area is 170 Å². The number of carbonyl (C=O) groups excluding carboxylic acids is 1. The van der Waals surface area contributed by atoms with E-state index >= 15 is 0 Å². The van der Waals surface area contributed by atoms with E-state index in [1.807, 2.05) is 37.3 Å². The van der Waals surface area contributed by atoms with Crippen LogP contribution in [0.4, 0.5) is 0 Å². The largest absolute Gasteiger partial charge is 0.484 e. The number of rotatable bonds is 7. The van der Waals surface area contributed by atoms with Gasteiger partial charge in [0.2, 0.25) is 0 Å². The number of halogens is 2. The van der Waals surface area contributed by atoms with Gasteiger partial charge in [0.1, 0.15) is 5.75 Å². The molecule has 0 N–H and O–H groups in total. The Bertz CT molecular complexity index is 773. The van der Waals surface area contributed by atoms with Gasteiger partial charge in [0.25, 0.3) is 5.91 Å². The fourth-order valence-corrected chi connectivity index (χ4v) is 3.48. The summed E-state index contributed by atoms with van der Waals surface area (Å²) in [5.41, 5.74) is 1.99. The summed E-state index contributed by atoms with van der Waals surface area (Å²) in [7, 11) is 0. The molecule has 27 heavy (non-hydrogen) atoms. The van der Waals surface area contributed by atoms with Crippen LogP contribution in [0, 0.1) is 6.92 Å². The van der Waals surface area contributed by atoms with Crippen molar-refractivity contribution in [3.63, 3.8) is 0 Å². The lowest BCUT2D eigenvalue weighted by Gasteiger charge is -2.26. The van der Waals surface area contributed by atoms with Crippen LogP contribution in [0.3, 0.4) is 0 Å². The zero-order valence-corrected chi connectivity index (χ0v) is 16.8. The van der Waals surface area contributed by atoms with Gasteiger partial charge in [-0.1, -0.05) is 47.0 Å². The van der Waals surface area contributed by atoms with Gasteiger partial charge in [0.15, 0.2) is 6.61 Å². The minimum atomic E-state index is -0.0999. The van der Waals surface area contributed by atoms with E-state index in [-0.39, 0.29) is 18.6 Å². The van der Waals surface area contributed by atoms with E-state index in [4.69, 9.17) is 32.7 Å². The minimum Gasteiger partial charge on any atom is -0.484 e. The maximum Gasteiger partial charge on any atom is 0.260 e. The standard InChI is InChI=1S/C21H23Cl2NO3/c1-15-4-8-18(9-5-15)27-14-21(25)24(13-19-3-2-10-26-19)12-16-6-7-17(22)11-20(16)23/h4-9,11,19H,2-3,10,12-14H2,1H3/t19-/m0/s1. The van der Waals surface area contributed by atoms with Crippen LogP contribution in [0.15, 0.2) is 42.5 Å². The molecule has 1 aliphatic heterocycles. The first-order valence-electron chi connectivity index (χ1n) is 9.04. The lowest BCUT2D eigenvalue weighted by atomic mass is 10.1. The lowest BCUT2D eigenvalue weighted by molar-refractivity contribution is -0.135. The average molecular weight is 408 g/mol. The number of hydrogen-bond donors (Lipinski definition) is 0. The van der Waals surface area contributed by atoms with Gasteiger partial charge in [0, 0.05) is 29.7 Å². The van der Waals surface area contributed by atoms with Crippen LogP contribution in [0.1, 0.15) is 24.0 Å². The molecule has 2 aromatic carbocycles. The Morgan fingerprint density at radius 1 is 1.22 bits per heavy atom. The number of hydrogen-bond acceptors (Lipinski definition) is 3. The van der Waals surface area contributed by atoms with Crippen LogP contribution < -0.4 is 4.74 Å². The van der Waals surface area contributed by atoms with E-state index in [0.29, 0.717) is 28.9 Å². The van der Waals surface area contributed by atoms with Crippen molar-refractivity contribution in [2.75, 3.05) is 19.8 Å². The fourth-order valence-electron chi connectivity index (χ4n) is 3.02. The molecule has 144 valence electrons. The van der Waals surface area contributed by atoms with Crippen molar-refractivity contribution in [1.82, 2.24) is 4.90 Å². The summed E-state index contributed by atoms with van der Waals surface area (Å²) in [5.74, 6) is 0.577. The monoisotopic (exact) mass is 407 g/mol. The Hall–Kier alpha value is -1.75. The lowest BCUT2D eigenvalue weighted by Crippen LogP contribution is -2.39. The summed E-state index contributed by atoms with van der Waals surface area (Å²) >= 11 is 12.3. The first-order valence-corrected chi connectivity index (χ1v) is 9.79. The molecule has 0 unspecified atom stereocenters. The van der Waals surface area contributed by atoms with Crippen molar-refractivity contribution >= 4 is 29.1 Å². The highest BCUT2D eigenvalue weighted by Gasteiger charge is 2.23. The molecule has 1 fully saturated rings. The predicted molar refractivity (Wildman–Crippen MR) is 108 cm³/mol. The molecule has 1 amide bonds. The van der Waals surface area contributed by atoms with E-state index in [1.54, 1.807) is 17.0 Å². The van der Waals surface area contributed by atoms with E-state index in [0.717, 1.165) is 30.6 Å². The second-order valence-corrected chi connectivity index (χ2v) is 7.59. The van der Waals surface area contributed by atoms with Crippen molar-refractivity contribution in [2.45, 2.75) is 32.4 Å². The third-order valence-electron chi connectivity index (χ3n) is 4.56. The Morgan fingerprint density at radius 3 is 2.67 bits per heavy atom. The fraction of sp³-hybridized carbons (Fsp3) is 0.381. The van der Waals surface area contributed by atoms with E-state index < -0.39 is 0 Å². The molecule has 6 heteroatoms. The molecule has 0 saturated carbocycles. The zero-order valence-electron chi connectivity index (χ0n) is 15.3. The number of amides is 1. The maximum atomic E-state index is 12.8. The number of ether oxygens (including phenoxy) is 2. The molecule has 1 saturated heterocycles. The molecular weight excluding hydrogens is 385 g/mol. The summed E-state index contributed by atoms with van der Waals surface area (Å²) < 4.78 is 11.4. The number of carbonyl (C=O) groups is 1. The average Bonchev–Trinajstić information content (AvgIpc) is 3.15.